The van der Waals surface area contributed by atoms with Crippen LogP contribution in [-0.4, -0.2) is 43.7 Å². The Morgan fingerprint density at radius 2 is 1.68 bits per heavy atom. The number of nitrogens with two attached hydrogens (primary N) is 1. The third-order valence-corrected chi connectivity index (χ3v) is 3.16. The Morgan fingerprint density at radius 3 is 2.21 bits per heavy atom. The van der Waals surface area contributed by atoms with Gasteiger partial charge in [-0.25, -0.2) is 9.97 Å². The number of aromatic nitrogens is 2. The van der Waals surface area contributed by atoms with Gasteiger partial charge in [0.1, 0.15) is 18.0 Å². The van der Waals surface area contributed by atoms with Crippen LogP contribution in [0.15, 0.2) is 12.4 Å². The van der Waals surface area contributed by atoms with Gasteiger partial charge in [0.2, 0.25) is 0 Å². The lowest BCUT2D eigenvalue weighted by Gasteiger charge is -2.22. The van der Waals surface area contributed by atoms with Crippen LogP contribution in [0.5, 0.6) is 0 Å². The minimum Gasteiger partial charge on any atom is -0.360 e. The Balaban J connectivity index is 2.65. The maximum atomic E-state index is 5.53. The van der Waals surface area contributed by atoms with Gasteiger partial charge in [-0.1, -0.05) is 13.8 Å². The van der Waals surface area contributed by atoms with Crippen molar-refractivity contribution in [2.75, 3.05) is 43.5 Å². The molecule has 0 amide bonds. The van der Waals surface area contributed by atoms with Crippen LogP contribution in [0.25, 0.3) is 0 Å². The number of rotatable bonds is 8. The summed E-state index contributed by atoms with van der Waals surface area (Å²) in [5.41, 5.74) is 5.53. The summed E-state index contributed by atoms with van der Waals surface area (Å²) in [6.07, 6.45) is 3.77. The van der Waals surface area contributed by atoms with Gasteiger partial charge in [0.25, 0.3) is 0 Å². The molecule has 0 aliphatic rings. The van der Waals surface area contributed by atoms with Crippen molar-refractivity contribution in [3.8, 4) is 0 Å². The van der Waals surface area contributed by atoms with E-state index in [1.807, 2.05) is 13.1 Å². The smallest absolute Gasteiger partial charge is 0.133 e. The lowest BCUT2D eigenvalue weighted by atomic mass is 10.1. The second-order valence-corrected chi connectivity index (χ2v) is 5.40. The van der Waals surface area contributed by atoms with Gasteiger partial charge in [0.05, 0.1) is 0 Å². The Morgan fingerprint density at radius 1 is 1.11 bits per heavy atom. The van der Waals surface area contributed by atoms with Crippen LogP contribution >= 0.6 is 0 Å². The molecule has 2 N–H and O–H groups in total. The highest BCUT2D eigenvalue weighted by molar-refractivity contribution is 5.49. The van der Waals surface area contributed by atoms with Crippen molar-refractivity contribution < 1.29 is 0 Å². The number of hydrogen-bond acceptors (Lipinski definition) is 5. The second-order valence-electron chi connectivity index (χ2n) is 5.40. The van der Waals surface area contributed by atoms with Gasteiger partial charge in [-0.3, -0.25) is 0 Å². The van der Waals surface area contributed by atoms with Gasteiger partial charge < -0.3 is 15.5 Å². The molecule has 0 aromatic carbocycles. The highest BCUT2D eigenvalue weighted by atomic mass is 15.2. The van der Waals surface area contributed by atoms with Gasteiger partial charge in [0, 0.05) is 33.3 Å². The minimum absolute atomic E-state index is 0.705. The first-order chi connectivity index (χ1) is 9.04. The first kappa shape index (κ1) is 15.7. The van der Waals surface area contributed by atoms with E-state index in [-0.39, 0.29) is 0 Å². The normalized spacial score (nSPS) is 10.8. The Hall–Kier alpha value is -1.36. The van der Waals surface area contributed by atoms with Crippen molar-refractivity contribution in [3.05, 3.63) is 12.4 Å². The topological polar surface area (TPSA) is 58.3 Å². The fourth-order valence-corrected chi connectivity index (χ4v) is 1.76. The predicted octanol–water partition coefficient (Wildman–Crippen LogP) is 1.74. The number of anilines is 2. The summed E-state index contributed by atoms with van der Waals surface area (Å²) in [5.74, 6) is 2.64. The molecule has 0 saturated carbocycles. The van der Waals surface area contributed by atoms with E-state index in [4.69, 9.17) is 5.73 Å². The van der Waals surface area contributed by atoms with Gasteiger partial charge in [-0.15, -0.1) is 0 Å². The van der Waals surface area contributed by atoms with E-state index in [0.29, 0.717) is 12.5 Å². The van der Waals surface area contributed by atoms with Crippen molar-refractivity contribution in [3.63, 3.8) is 0 Å². The van der Waals surface area contributed by atoms with E-state index in [0.717, 1.165) is 31.1 Å². The monoisotopic (exact) mass is 265 g/mol. The maximum absolute atomic E-state index is 5.53. The van der Waals surface area contributed by atoms with Crippen molar-refractivity contribution >= 4 is 11.6 Å². The predicted molar refractivity (Wildman–Crippen MR) is 81.7 cm³/mol. The SMILES string of the molecule is CC(C)CCN(C)c1cc(N(C)CCCN)ncn1. The molecule has 0 radical (unpaired) electrons. The average molecular weight is 265 g/mol. The molecule has 0 spiro atoms. The van der Waals surface area contributed by atoms with Crippen molar-refractivity contribution in [1.29, 1.82) is 0 Å². The molecular weight excluding hydrogens is 238 g/mol. The fourth-order valence-electron chi connectivity index (χ4n) is 1.76. The van der Waals surface area contributed by atoms with Crippen LogP contribution in [0.1, 0.15) is 26.7 Å². The molecule has 1 aromatic heterocycles. The van der Waals surface area contributed by atoms with E-state index in [2.05, 4.69) is 40.7 Å². The Bertz CT molecular complexity index is 367. The molecule has 1 aromatic rings. The minimum atomic E-state index is 0.705. The summed E-state index contributed by atoms with van der Waals surface area (Å²) in [4.78, 5) is 13.0. The van der Waals surface area contributed by atoms with E-state index in [9.17, 15) is 0 Å². The second kappa shape index (κ2) is 7.94. The van der Waals surface area contributed by atoms with Gasteiger partial charge >= 0.3 is 0 Å². The fraction of sp³-hybridized carbons (Fsp3) is 0.714. The van der Waals surface area contributed by atoms with E-state index in [1.165, 1.54) is 6.42 Å². The largest absolute Gasteiger partial charge is 0.360 e. The highest BCUT2D eigenvalue weighted by Crippen LogP contribution is 2.16. The van der Waals surface area contributed by atoms with Crippen molar-refractivity contribution in [1.82, 2.24) is 9.97 Å². The van der Waals surface area contributed by atoms with Crippen LogP contribution in [-0.2, 0) is 0 Å². The molecule has 19 heavy (non-hydrogen) atoms. The molecule has 0 fully saturated rings. The van der Waals surface area contributed by atoms with Crippen molar-refractivity contribution in [2.24, 2.45) is 11.7 Å². The molecule has 0 saturated heterocycles. The Labute approximate surface area is 116 Å². The van der Waals surface area contributed by atoms with Crippen LogP contribution in [0.3, 0.4) is 0 Å². The van der Waals surface area contributed by atoms with E-state index >= 15 is 0 Å². The molecule has 1 heterocycles. The van der Waals surface area contributed by atoms with Gasteiger partial charge in [-0.05, 0) is 25.3 Å². The first-order valence-electron chi connectivity index (χ1n) is 6.99. The molecule has 0 unspecified atom stereocenters. The molecule has 5 heteroatoms. The Kier molecular flexibility index (Phi) is 6.56. The molecular formula is C14H27N5. The molecule has 1 rings (SSSR count). The zero-order chi connectivity index (χ0) is 14.3. The lowest BCUT2D eigenvalue weighted by molar-refractivity contribution is 0.583. The summed E-state index contributed by atoms with van der Waals surface area (Å²) < 4.78 is 0. The quantitative estimate of drug-likeness (QED) is 0.776. The molecule has 0 atom stereocenters. The van der Waals surface area contributed by atoms with Crippen molar-refractivity contribution in [2.45, 2.75) is 26.7 Å². The summed E-state index contributed by atoms with van der Waals surface area (Å²) in [6, 6.07) is 2.04. The number of hydrogen-bond donors (Lipinski definition) is 1. The zero-order valence-electron chi connectivity index (χ0n) is 12.6. The summed E-state index contributed by atoms with van der Waals surface area (Å²) >= 11 is 0. The molecule has 108 valence electrons. The van der Waals surface area contributed by atoms with Crippen LogP contribution in [0, 0.1) is 5.92 Å². The molecule has 0 aliphatic carbocycles. The third-order valence-electron chi connectivity index (χ3n) is 3.16. The van der Waals surface area contributed by atoms with Crippen LogP contribution in [0.4, 0.5) is 11.6 Å². The highest BCUT2D eigenvalue weighted by Gasteiger charge is 2.08. The lowest BCUT2D eigenvalue weighted by Crippen LogP contribution is -2.24. The molecule has 0 aliphatic heterocycles. The van der Waals surface area contributed by atoms with Gasteiger partial charge in [-0.2, -0.15) is 0 Å². The van der Waals surface area contributed by atoms with E-state index < -0.39 is 0 Å². The van der Waals surface area contributed by atoms with Gasteiger partial charge in [0.15, 0.2) is 0 Å². The summed E-state index contributed by atoms with van der Waals surface area (Å²) in [6.45, 7) is 7.11. The maximum Gasteiger partial charge on any atom is 0.133 e. The summed E-state index contributed by atoms with van der Waals surface area (Å²) in [5, 5.41) is 0. The molecule has 0 bridgehead atoms. The third kappa shape index (κ3) is 5.42. The van der Waals surface area contributed by atoms with Crippen LogP contribution in [0.2, 0.25) is 0 Å². The van der Waals surface area contributed by atoms with E-state index in [1.54, 1.807) is 6.33 Å². The molecule has 5 nitrogen and oxygen atoms in total. The first-order valence-corrected chi connectivity index (χ1v) is 6.99. The zero-order valence-corrected chi connectivity index (χ0v) is 12.6. The summed E-state index contributed by atoms with van der Waals surface area (Å²) in [7, 11) is 4.12. The van der Waals surface area contributed by atoms with Crippen LogP contribution < -0.4 is 15.5 Å². The number of nitrogens with zero attached hydrogens (tertiary/aromatic N) is 4. The average Bonchev–Trinajstić information content (AvgIpc) is 2.42. The standard InChI is InChI=1S/C14H27N5/c1-12(2)6-9-19(4)14-10-13(16-11-17-14)18(3)8-5-7-15/h10-12H,5-9,15H2,1-4H3.